The molecule has 2 N–H and O–H groups in total. The number of halogens is 2. The van der Waals surface area contributed by atoms with Gasteiger partial charge in [0.15, 0.2) is 17.9 Å². The molecule has 53 heavy (non-hydrogen) atoms. The third kappa shape index (κ3) is 11.1. The molecule has 2 aromatic rings. The van der Waals surface area contributed by atoms with Crippen molar-refractivity contribution in [3.8, 4) is 0 Å². The number of nitrogens with zero attached hydrogens (tertiary/aromatic N) is 3. The lowest BCUT2D eigenvalue weighted by Gasteiger charge is -2.53. The molecule has 2 atom stereocenters. The molecule has 286 valence electrons. The van der Waals surface area contributed by atoms with Gasteiger partial charge in [0.25, 0.3) is 0 Å². The first-order valence-corrected chi connectivity index (χ1v) is 20.9. The molecular formula is C36H43Cl2N5O7S3. The standard InChI is InChI=1S/C36H43Cl2N5O7S3/c1-22-13-26(14-23(2)41(22)7-4-8-43(3)9-11-50-12-10-43)51-19-25-20-53-35-29(18-42(35)33(25)36(48)49)40-31(45)21-52-34-27(37)15-24(16-28(34)38)5-6-30(44)39-17-32(46)47/h5-6,13-16,29,35H,4,7-12,17-21H2,1-3H3,(H2-2,39,40,44,45,46,47,48,49)/b6-5+/t29-,35-/m1/s1. The number of quaternary nitrogens is 1. The second-order valence-electron chi connectivity index (χ2n) is 13.5. The van der Waals surface area contributed by atoms with Crippen LogP contribution >= 0.6 is 58.5 Å². The normalized spacial score (nSPS) is 19.5. The number of hydrogen-bond donors (Lipinski definition) is 2. The fraction of sp³-hybridized carbons (Fsp3) is 0.472. The number of carboxylic acids is 2. The first-order chi connectivity index (χ1) is 25.2. The molecule has 0 aliphatic carbocycles. The molecule has 0 saturated carbocycles. The van der Waals surface area contributed by atoms with Crippen LogP contribution in [0.1, 0.15) is 23.4 Å². The largest absolute Gasteiger partial charge is 0.548 e. The van der Waals surface area contributed by atoms with Crippen molar-refractivity contribution in [2.24, 2.45) is 0 Å². The van der Waals surface area contributed by atoms with Crippen LogP contribution in [0.4, 0.5) is 0 Å². The van der Waals surface area contributed by atoms with Crippen molar-refractivity contribution in [1.29, 1.82) is 0 Å². The highest BCUT2D eigenvalue weighted by atomic mass is 35.5. The molecule has 2 fully saturated rings. The molecular weight excluding hydrogens is 782 g/mol. The number of hydrogen-bond acceptors (Lipinski definition) is 11. The maximum atomic E-state index is 12.9. The van der Waals surface area contributed by atoms with E-state index in [9.17, 15) is 29.4 Å². The second kappa shape index (κ2) is 18.6. The molecule has 0 unspecified atom stereocenters. The van der Waals surface area contributed by atoms with E-state index in [2.05, 4.69) is 48.2 Å². The third-order valence-corrected chi connectivity index (χ3v) is 13.9. The number of ether oxygens (including phenoxy) is 1. The average Bonchev–Trinajstić information content (AvgIpc) is 3.08. The maximum absolute atomic E-state index is 12.9. The number of aliphatic carboxylic acids is 2. The topological polar surface area (TPSA) is 155 Å². The smallest absolute Gasteiger partial charge is 0.244 e. The van der Waals surface area contributed by atoms with Crippen molar-refractivity contribution >= 4 is 88.3 Å². The van der Waals surface area contributed by atoms with Crippen LogP contribution in [0.25, 0.3) is 6.08 Å². The summed E-state index contributed by atoms with van der Waals surface area (Å²) in [7, 11) is 2.31. The molecule has 0 bridgehead atoms. The summed E-state index contributed by atoms with van der Waals surface area (Å²) < 4.78 is 8.94. The number of nitrogens with one attached hydrogen (secondary N) is 2. The molecule has 5 rings (SSSR count). The van der Waals surface area contributed by atoms with Gasteiger partial charge in [0.1, 0.15) is 13.1 Å². The van der Waals surface area contributed by atoms with Crippen molar-refractivity contribution in [3.05, 3.63) is 68.6 Å². The molecule has 2 saturated heterocycles. The minimum atomic E-state index is -1.41. The van der Waals surface area contributed by atoms with E-state index in [1.54, 1.807) is 35.7 Å². The number of amides is 2. The predicted molar refractivity (Wildman–Crippen MR) is 204 cm³/mol. The predicted octanol–water partition coefficient (Wildman–Crippen LogP) is 1.41. The number of fused-ring (bicyclic) bond motifs is 1. The highest BCUT2D eigenvalue weighted by molar-refractivity contribution is 8.01. The molecule has 4 heterocycles. The fourth-order valence-electron chi connectivity index (χ4n) is 6.56. The number of carbonyl (C=O) groups is 4. The monoisotopic (exact) mass is 823 g/mol. The summed E-state index contributed by atoms with van der Waals surface area (Å²) in [4.78, 5) is 50.9. The highest BCUT2D eigenvalue weighted by Crippen LogP contribution is 2.41. The lowest BCUT2D eigenvalue weighted by molar-refractivity contribution is -0.919. The molecule has 12 nitrogen and oxygen atoms in total. The fourth-order valence-corrected chi connectivity index (χ4v) is 10.7. The van der Waals surface area contributed by atoms with Crippen LogP contribution in [0.2, 0.25) is 10.0 Å². The number of likely N-dealkylation sites (N-methyl/N-ethyl adjacent to an activating group) is 1. The van der Waals surface area contributed by atoms with Gasteiger partial charge in [0, 0.05) is 59.9 Å². The van der Waals surface area contributed by atoms with Crippen molar-refractivity contribution < 1.29 is 43.2 Å². The Morgan fingerprint density at radius 3 is 2.40 bits per heavy atom. The van der Waals surface area contributed by atoms with Gasteiger partial charge in [-0.1, -0.05) is 23.2 Å². The lowest BCUT2D eigenvalue weighted by atomic mass is 10.0. The number of morpholine rings is 1. The Hall–Kier alpha value is -2.92. The van der Waals surface area contributed by atoms with E-state index in [0.29, 0.717) is 28.5 Å². The van der Waals surface area contributed by atoms with E-state index in [4.69, 9.17) is 27.9 Å². The summed E-state index contributed by atoms with van der Waals surface area (Å²) in [5.41, 5.74) is 3.89. The molecule has 17 heteroatoms. The van der Waals surface area contributed by atoms with E-state index in [0.717, 1.165) is 78.6 Å². The van der Waals surface area contributed by atoms with Crippen LogP contribution in [0.5, 0.6) is 0 Å². The van der Waals surface area contributed by atoms with Gasteiger partial charge in [-0.15, -0.1) is 35.3 Å². The number of benzene rings is 1. The van der Waals surface area contributed by atoms with Crippen LogP contribution in [0, 0.1) is 13.8 Å². The van der Waals surface area contributed by atoms with Gasteiger partial charge in [0.2, 0.25) is 11.8 Å². The van der Waals surface area contributed by atoms with Crippen LogP contribution in [-0.2, 0) is 30.5 Å². The summed E-state index contributed by atoms with van der Waals surface area (Å²) in [6.07, 6.45) is 3.67. The molecule has 1 aromatic heterocycles. The first-order valence-electron chi connectivity index (χ1n) is 17.2. The summed E-state index contributed by atoms with van der Waals surface area (Å²) in [5.74, 6) is -2.39. The van der Waals surface area contributed by atoms with Gasteiger partial charge in [-0.25, -0.2) is 0 Å². The van der Waals surface area contributed by atoms with Gasteiger partial charge < -0.3 is 44.6 Å². The Morgan fingerprint density at radius 2 is 1.75 bits per heavy atom. The van der Waals surface area contributed by atoms with E-state index in [1.165, 1.54) is 17.5 Å². The number of aromatic nitrogens is 1. The Labute approximate surface area is 332 Å². The van der Waals surface area contributed by atoms with Crippen LogP contribution in [0.15, 0.2) is 51.4 Å². The Balaban J connectivity index is 1.11. The van der Waals surface area contributed by atoms with Crippen LogP contribution in [0.3, 0.4) is 0 Å². The Bertz CT molecular complexity index is 1760. The van der Waals surface area contributed by atoms with Crippen molar-refractivity contribution in [2.75, 3.05) is 70.2 Å². The number of carbonyl (C=O) groups excluding carboxylic acids is 4. The van der Waals surface area contributed by atoms with E-state index in [-0.39, 0.29) is 38.8 Å². The summed E-state index contributed by atoms with van der Waals surface area (Å²) in [6, 6.07) is 7.26. The van der Waals surface area contributed by atoms with Crippen molar-refractivity contribution in [3.63, 3.8) is 0 Å². The number of rotatable bonds is 16. The zero-order chi connectivity index (χ0) is 38.3. The zero-order valence-electron chi connectivity index (χ0n) is 29.8. The quantitative estimate of drug-likeness (QED) is 0.109. The number of thioether (sulfide) groups is 3. The Morgan fingerprint density at radius 1 is 1.08 bits per heavy atom. The maximum Gasteiger partial charge on any atom is 0.244 e. The molecule has 3 aliphatic rings. The SMILES string of the molecule is Cc1cc(SCC2=C(C(=O)[O-])N3C[C@@H](NC(=O)CSc4c(Cl)cc(/C=C/C(=O)NCC(=O)[O-])cc4Cl)[C@H]3SC2)cc(C)[n+]1CCC[N+]1(C)CCOCC1. The second-order valence-corrected chi connectivity index (χ2v) is 17.4. The number of pyridine rings is 1. The van der Waals surface area contributed by atoms with Crippen molar-refractivity contribution in [2.45, 2.75) is 48.0 Å². The van der Waals surface area contributed by atoms with Crippen LogP contribution < -0.4 is 25.4 Å². The van der Waals surface area contributed by atoms with E-state index >= 15 is 0 Å². The summed E-state index contributed by atoms with van der Waals surface area (Å²) in [5, 5.41) is 28.4. The number of carboxylic acid groups (broad SMARTS) is 2. The Kier molecular flexibility index (Phi) is 14.5. The molecule has 3 aliphatic heterocycles. The van der Waals surface area contributed by atoms with Crippen molar-refractivity contribution in [1.82, 2.24) is 15.5 Å². The van der Waals surface area contributed by atoms with E-state index < -0.39 is 24.4 Å². The zero-order valence-corrected chi connectivity index (χ0v) is 33.7. The minimum absolute atomic E-state index is 0.0309. The molecule has 0 radical (unpaired) electrons. The van der Waals surface area contributed by atoms with Gasteiger partial charge in [0.05, 0.1) is 84.6 Å². The van der Waals surface area contributed by atoms with Gasteiger partial charge in [-0.05, 0) is 29.3 Å². The number of aryl methyl sites for hydroxylation is 2. The third-order valence-electron chi connectivity index (χ3n) is 9.43. The average molecular weight is 825 g/mol. The first kappa shape index (κ1) is 41.2. The van der Waals surface area contributed by atoms with Gasteiger partial charge in [-0.2, -0.15) is 4.57 Å². The lowest BCUT2D eigenvalue weighted by Crippen LogP contribution is -2.67. The van der Waals surface area contributed by atoms with Crippen LogP contribution in [-0.4, -0.2) is 115 Å². The van der Waals surface area contributed by atoms with E-state index in [1.807, 2.05) is 4.90 Å². The van der Waals surface area contributed by atoms with Gasteiger partial charge >= 0.3 is 0 Å². The molecule has 0 spiro atoms. The molecule has 2 amide bonds. The minimum Gasteiger partial charge on any atom is -0.548 e. The highest BCUT2D eigenvalue weighted by Gasteiger charge is 2.45. The molecule has 1 aromatic carbocycles. The van der Waals surface area contributed by atoms with Gasteiger partial charge in [-0.3, -0.25) is 9.59 Å². The summed E-state index contributed by atoms with van der Waals surface area (Å²) in [6.45, 7) is 9.82. The summed E-state index contributed by atoms with van der Waals surface area (Å²) >= 11 is 17.2.